The minimum Gasteiger partial charge on any atom is -0.494 e. The minimum atomic E-state index is -0.281. The highest BCUT2D eigenvalue weighted by Gasteiger charge is 2.36. The van der Waals surface area contributed by atoms with Crippen molar-refractivity contribution < 1.29 is 9.15 Å². The second kappa shape index (κ2) is 6.94. The predicted molar refractivity (Wildman–Crippen MR) is 111 cm³/mol. The Morgan fingerprint density at radius 2 is 2.13 bits per heavy atom. The number of imidazole rings is 1. The van der Waals surface area contributed by atoms with E-state index in [9.17, 15) is 0 Å². The van der Waals surface area contributed by atoms with E-state index < -0.39 is 0 Å². The molecule has 10 nitrogen and oxygen atoms in total. The molecule has 0 saturated carbocycles. The molecule has 6 heterocycles. The van der Waals surface area contributed by atoms with Gasteiger partial charge in [-0.15, -0.1) is 5.10 Å². The highest BCUT2D eigenvalue weighted by atomic mass is 16.5. The topological polar surface area (TPSA) is 110 Å². The van der Waals surface area contributed by atoms with Crippen molar-refractivity contribution in [1.29, 1.82) is 0 Å². The third kappa shape index (κ3) is 2.83. The number of methoxy groups -OCH3 is 1. The van der Waals surface area contributed by atoms with E-state index >= 15 is 0 Å². The Morgan fingerprint density at radius 3 is 3.00 bits per heavy atom. The molecule has 154 valence electrons. The number of hydrogen-bond acceptors (Lipinski definition) is 8. The summed E-state index contributed by atoms with van der Waals surface area (Å²) in [4.78, 5) is 14.2. The molecule has 1 aliphatic heterocycles. The third-order valence-corrected chi connectivity index (χ3v) is 5.45. The van der Waals surface area contributed by atoms with E-state index in [0.717, 1.165) is 34.8 Å². The van der Waals surface area contributed by atoms with E-state index in [2.05, 4.69) is 25.1 Å². The number of H-pyrrole nitrogens is 1. The maximum Gasteiger partial charge on any atom is 0.319 e. The summed E-state index contributed by atoms with van der Waals surface area (Å²) in [6.07, 6.45) is 6.09. The van der Waals surface area contributed by atoms with Crippen LogP contribution >= 0.6 is 0 Å². The maximum absolute atomic E-state index is 6.02. The lowest BCUT2D eigenvalue weighted by Crippen LogP contribution is -2.36. The fourth-order valence-corrected chi connectivity index (χ4v) is 4.02. The third-order valence-electron chi connectivity index (χ3n) is 5.45. The first-order valence-electron chi connectivity index (χ1n) is 9.88. The van der Waals surface area contributed by atoms with Crippen LogP contribution in [0.5, 0.6) is 5.75 Å². The van der Waals surface area contributed by atoms with Crippen molar-refractivity contribution in [3.8, 4) is 17.3 Å². The van der Waals surface area contributed by atoms with Gasteiger partial charge < -0.3 is 19.0 Å². The van der Waals surface area contributed by atoms with Crippen LogP contribution in [0.4, 0.5) is 6.01 Å². The van der Waals surface area contributed by atoms with Crippen LogP contribution in [-0.2, 0) is 6.42 Å². The smallest absolute Gasteiger partial charge is 0.319 e. The van der Waals surface area contributed by atoms with E-state index in [1.807, 2.05) is 47.5 Å². The number of hydrogen-bond donors (Lipinski definition) is 1. The molecule has 1 unspecified atom stereocenters. The van der Waals surface area contributed by atoms with E-state index in [-0.39, 0.29) is 6.04 Å². The molecule has 1 atom stereocenters. The van der Waals surface area contributed by atoms with E-state index in [1.165, 1.54) is 0 Å². The molecule has 5 aromatic rings. The van der Waals surface area contributed by atoms with Crippen molar-refractivity contribution in [1.82, 2.24) is 34.8 Å². The maximum atomic E-state index is 6.02. The van der Waals surface area contributed by atoms with E-state index in [1.54, 1.807) is 24.1 Å². The molecule has 31 heavy (non-hydrogen) atoms. The first-order chi connectivity index (χ1) is 15.3. The molecule has 1 N–H and O–H groups in total. The zero-order chi connectivity index (χ0) is 20.8. The molecule has 0 spiro atoms. The van der Waals surface area contributed by atoms with Crippen molar-refractivity contribution >= 4 is 11.5 Å². The van der Waals surface area contributed by atoms with Gasteiger partial charge in [-0.1, -0.05) is 11.2 Å². The predicted octanol–water partition coefficient (Wildman–Crippen LogP) is 2.66. The average molecular weight is 414 g/mol. The summed E-state index contributed by atoms with van der Waals surface area (Å²) in [7, 11) is 1.65. The van der Waals surface area contributed by atoms with Crippen molar-refractivity contribution in [3.05, 3.63) is 72.2 Å². The second-order valence-corrected chi connectivity index (χ2v) is 7.19. The molecule has 0 bridgehead atoms. The van der Waals surface area contributed by atoms with Gasteiger partial charge in [0.15, 0.2) is 0 Å². The molecule has 0 fully saturated rings. The number of anilines is 1. The molecule has 0 saturated heterocycles. The summed E-state index contributed by atoms with van der Waals surface area (Å²) in [5.74, 6) is 1.12. The molecular weight excluding hydrogens is 396 g/mol. The van der Waals surface area contributed by atoms with Gasteiger partial charge in [-0.2, -0.15) is 5.10 Å². The standard InChI is InChI=1S/C21H18N8O2/c1-30-17-6-4-9-29-16(17)11-15(27-29)19-18-13(23-12-24-18)7-10-28(19)21-26-25-20(31-21)14-5-2-3-8-22-14/h2-6,8-9,11-12,19H,7,10H2,1H3,(H,23,24). The number of aromatic amines is 1. The van der Waals surface area contributed by atoms with Crippen molar-refractivity contribution in [2.45, 2.75) is 12.5 Å². The van der Waals surface area contributed by atoms with Crippen LogP contribution in [0.1, 0.15) is 23.1 Å². The first-order valence-corrected chi connectivity index (χ1v) is 9.88. The summed E-state index contributed by atoms with van der Waals surface area (Å²) >= 11 is 0. The number of rotatable bonds is 4. The summed E-state index contributed by atoms with van der Waals surface area (Å²) in [6.45, 7) is 0.675. The SMILES string of the molecule is COc1cccn2nc(C3c4nc[nH]c4CCN3c3nnc(-c4ccccn4)o3)cc12. The van der Waals surface area contributed by atoms with Crippen LogP contribution in [0.25, 0.3) is 17.1 Å². The van der Waals surface area contributed by atoms with Gasteiger partial charge in [0.1, 0.15) is 23.0 Å². The normalized spacial score (nSPS) is 15.9. The molecule has 0 aliphatic carbocycles. The average Bonchev–Trinajstić information content (AvgIpc) is 3.57. The molecule has 0 amide bonds. The minimum absolute atomic E-state index is 0.281. The molecule has 0 radical (unpaired) electrons. The molecule has 5 aromatic heterocycles. The Labute approximate surface area is 176 Å². The van der Waals surface area contributed by atoms with Crippen LogP contribution in [0.15, 0.2) is 59.5 Å². The Bertz CT molecular complexity index is 1360. The lowest BCUT2D eigenvalue weighted by Gasteiger charge is -2.32. The van der Waals surface area contributed by atoms with Crippen LogP contribution in [-0.4, -0.2) is 48.4 Å². The van der Waals surface area contributed by atoms with Gasteiger partial charge in [0.05, 0.1) is 24.8 Å². The van der Waals surface area contributed by atoms with Gasteiger partial charge in [0, 0.05) is 31.1 Å². The summed E-state index contributed by atoms with van der Waals surface area (Å²) < 4.78 is 13.3. The van der Waals surface area contributed by atoms with Crippen molar-refractivity contribution in [2.24, 2.45) is 0 Å². The fourth-order valence-electron chi connectivity index (χ4n) is 4.02. The lowest BCUT2D eigenvalue weighted by molar-refractivity contribution is 0.417. The van der Waals surface area contributed by atoms with Gasteiger partial charge in [0.2, 0.25) is 0 Å². The van der Waals surface area contributed by atoms with Gasteiger partial charge in [0.25, 0.3) is 5.89 Å². The monoisotopic (exact) mass is 414 g/mol. The highest BCUT2D eigenvalue weighted by Crippen LogP contribution is 2.37. The number of nitrogens with zero attached hydrogens (tertiary/aromatic N) is 7. The van der Waals surface area contributed by atoms with Gasteiger partial charge >= 0.3 is 6.01 Å². The van der Waals surface area contributed by atoms with Gasteiger partial charge in [-0.3, -0.25) is 4.98 Å². The number of pyridine rings is 2. The second-order valence-electron chi connectivity index (χ2n) is 7.19. The Morgan fingerprint density at radius 1 is 1.16 bits per heavy atom. The number of aromatic nitrogens is 7. The summed E-state index contributed by atoms with van der Waals surface area (Å²) in [5.41, 5.74) is 4.30. The number of ether oxygens (including phenoxy) is 1. The zero-order valence-electron chi connectivity index (χ0n) is 16.6. The molecule has 10 heteroatoms. The largest absolute Gasteiger partial charge is 0.494 e. The quantitative estimate of drug-likeness (QED) is 0.478. The van der Waals surface area contributed by atoms with Crippen LogP contribution in [0, 0.1) is 0 Å². The van der Waals surface area contributed by atoms with E-state index in [4.69, 9.17) is 14.3 Å². The van der Waals surface area contributed by atoms with Crippen LogP contribution in [0.3, 0.4) is 0 Å². The van der Waals surface area contributed by atoms with Gasteiger partial charge in [-0.25, -0.2) is 9.50 Å². The Hall–Kier alpha value is -4.21. The Balaban J connectivity index is 1.46. The fraction of sp³-hybridized carbons (Fsp3) is 0.190. The van der Waals surface area contributed by atoms with Gasteiger partial charge in [-0.05, 0) is 30.3 Å². The zero-order valence-corrected chi connectivity index (χ0v) is 16.6. The molecule has 0 aromatic carbocycles. The first kappa shape index (κ1) is 17.6. The van der Waals surface area contributed by atoms with Crippen molar-refractivity contribution in [2.75, 3.05) is 18.6 Å². The summed E-state index contributed by atoms with van der Waals surface area (Å²) in [6, 6.07) is 11.5. The van der Waals surface area contributed by atoms with Crippen LogP contribution < -0.4 is 9.64 Å². The van der Waals surface area contributed by atoms with E-state index in [0.29, 0.717) is 24.1 Å². The Kier molecular flexibility index (Phi) is 3.95. The lowest BCUT2D eigenvalue weighted by atomic mass is 10.0. The summed E-state index contributed by atoms with van der Waals surface area (Å²) in [5, 5.41) is 13.3. The van der Waals surface area contributed by atoms with Crippen LogP contribution in [0.2, 0.25) is 0 Å². The molecule has 6 rings (SSSR count). The number of nitrogens with one attached hydrogen (secondary N) is 1. The highest BCUT2D eigenvalue weighted by molar-refractivity contribution is 5.61. The molecular formula is C21H18N8O2. The number of fused-ring (bicyclic) bond motifs is 2. The molecule has 1 aliphatic rings. The van der Waals surface area contributed by atoms with Crippen molar-refractivity contribution in [3.63, 3.8) is 0 Å².